The average Bonchev–Trinajstić information content (AvgIpc) is 3.22. The highest BCUT2D eigenvalue weighted by atomic mass is 35.5. The summed E-state index contributed by atoms with van der Waals surface area (Å²) in [5.41, 5.74) is 3.97. The van der Waals surface area contributed by atoms with Crippen LogP contribution in [0.15, 0.2) is 79.0 Å². The van der Waals surface area contributed by atoms with Crippen molar-refractivity contribution in [1.29, 1.82) is 0 Å². The molecule has 2 amide bonds. The number of amides is 2. The normalized spacial score (nSPS) is 12.5. The van der Waals surface area contributed by atoms with Crippen LogP contribution in [-0.4, -0.2) is 22.9 Å². The molecule has 1 aliphatic rings. The van der Waals surface area contributed by atoms with Crippen LogP contribution >= 0.6 is 34.8 Å². The Hall–Kier alpha value is -3.25. The van der Waals surface area contributed by atoms with E-state index in [1.807, 2.05) is 36.5 Å². The van der Waals surface area contributed by atoms with Gasteiger partial charge in [-0.05, 0) is 60.7 Å². The summed E-state index contributed by atoms with van der Waals surface area (Å²) in [7, 11) is 0. The predicted molar refractivity (Wildman–Crippen MR) is 137 cm³/mol. The van der Waals surface area contributed by atoms with Crippen LogP contribution in [0.5, 0.6) is 0 Å². The summed E-state index contributed by atoms with van der Waals surface area (Å²) < 4.78 is 2.10. The molecule has 1 aromatic heterocycles. The molecule has 5 rings (SSSR count). The van der Waals surface area contributed by atoms with Gasteiger partial charge in [0.05, 0.1) is 32.5 Å². The predicted octanol–water partition coefficient (Wildman–Crippen LogP) is 6.89. The zero-order valence-electron chi connectivity index (χ0n) is 17.8. The third-order valence-electron chi connectivity index (χ3n) is 5.74. The van der Waals surface area contributed by atoms with Gasteiger partial charge in [-0.15, -0.1) is 0 Å². The summed E-state index contributed by atoms with van der Waals surface area (Å²) in [4.78, 5) is 27.9. The molecule has 0 unspecified atom stereocenters. The molecular weight excluding hydrogens is 493 g/mol. The molecule has 1 N–H and O–H groups in total. The van der Waals surface area contributed by atoms with Crippen molar-refractivity contribution in [2.75, 3.05) is 16.8 Å². The summed E-state index contributed by atoms with van der Waals surface area (Å²) in [6.07, 6.45) is 2.71. The second-order valence-electron chi connectivity index (χ2n) is 7.84. The molecule has 5 nitrogen and oxygen atoms in total. The molecule has 0 radical (unpaired) electrons. The van der Waals surface area contributed by atoms with E-state index < -0.39 is 5.91 Å². The van der Waals surface area contributed by atoms with Crippen LogP contribution in [-0.2, 0) is 6.42 Å². The number of anilines is 2. The molecule has 2 heterocycles. The highest BCUT2D eigenvalue weighted by Gasteiger charge is 2.26. The number of carbonyl (C=O) groups excluding carboxylic acids is 2. The Labute approximate surface area is 211 Å². The van der Waals surface area contributed by atoms with Gasteiger partial charge in [-0.25, -0.2) is 0 Å². The first kappa shape index (κ1) is 22.5. The van der Waals surface area contributed by atoms with E-state index in [0.29, 0.717) is 29.2 Å². The molecule has 8 heteroatoms. The maximum Gasteiger partial charge on any atom is 0.259 e. The van der Waals surface area contributed by atoms with Gasteiger partial charge in [0.15, 0.2) is 0 Å². The molecule has 0 saturated heterocycles. The van der Waals surface area contributed by atoms with E-state index in [0.717, 1.165) is 17.1 Å². The summed E-state index contributed by atoms with van der Waals surface area (Å²) >= 11 is 18.5. The molecule has 0 spiro atoms. The largest absolute Gasteiger partial charge is 0.322 e. The second kappa shape index (κ2) is 9.18. The van der Waals surface area contributed by atoms with E-state index in [1.165, 1.54) is 6.07 Å². The van der Waals surface area contributed by atoms with Crippen LogP contribution < -0.4 is 10.2 Å². The van der Waals surface area contributed by atoms with Crippen LogP contribution in [0.25, 0.3) is 5.69 Å². The SMILES string of the molecule is O=C(Nc1ccc(C(=O)N2CCc3cccn3-c3ccccc32)c(Cl)c1)c1ccc(Cl)cc1Cl. The topological polar surface area (TPSA) is 54.3 Å². The minimum Gasteiger partial charge on any atom is -0.322 e. The highest BCUT2D eigenvalue weighted by Crippen LogP contribution is 2.32. The van der Waals surface area contributed by atoms with E-state index in [1.54, 1.807) is 35.2 Å². The van der Waals surface area contributed by atoms with Gasteiger partial charge in [-0.3, -0.25) is 9.59 Å². The van der Waals surface area contributed by atoms with Gasteiger partial charge in [0.2, 0.25) is 0 Å². The lowest BCUT2D eigenvalue weighted by molar-refractivity contribution is 0.0986. The number of hydrogen-bond acceptors (Lipinski definition) is 2. The average molecular weight is 511 g/mol. The minimum absolute atomic E-state index is 0.207. The first-order valence-corrected chi connectivity index (χ1v) is 11.7. The number of carbonyl (C=O) groups is 2. The molecule has 4 aromatic rings. The van der Waals surface area contributed by atoms with Gasteiger partial charge in [0.25, 0.3) is 11.8 Å². The van der Waals surface area contributed by atoms with Gasteiger partial charge in [-0.1, -0.05) is 46.9 Å². The highest BCUT2D eigenvalue weighted by molar-refractivity contribution is 6.37. The van der Waals surface area contributed by atoms with Crippen LogP contribution in [0.2, 0.25) is 15.1 Å². The van der Waals surface area contributed by atoms with E-state index in [4.69, 9.17) is 34.8 Å². The van der Waals surface area contributed by atoms with Gasteiger partial charge in [-0.2, -0.15) is 0 Å². The van der Waals surface area contributed by atoms with Crippen molar-refractivity contribution in [1.82, 2.24) is 4.57 Å². The Balaban J connectivity index is 1.41. The molecule has 170 valence electrons. The van der Waals surface area contributed by atoms with Crippen LogP contribution in [0.1, 0.15) is 26.4 Å². The van der Waals surface area contributed by atoms with Gasteiger partial charge >= 0.3 is 0 Å². The molecule has 0 aliphatic carbocycles. The summed E-state index contributed by atoms with van der Waals surface area (Å²) in [5, 5.41) is 3.69. The van der Waals surface area contributed by atoms with Gasteiger partial charge < -0.3 is 14.8 Å². The molecule has 1 aliphatic heterocycles. The lowest BCUT2D eigenvalue weighted by Crippen LogP contribution is -2.32. The smallest absolute Gasteiger partial charge is 0.259 e. The first-order valence-electron chi connectivity index (χ1n) is 10.6. The Bertz CT molecular complexity index is 1430. The maximum atomic E-state index is 13.6. The number of aromatic nitrogens is 1. The van der Waals surface area contributed by atoms with Crippen molar-refractivity contribution in [2.45, 2.75) is 6.42 Å². The fourth-order valence-electron chi connectivity index (χ4n) is 4.09. The van der Waals surface area contributed by atoms with E-state index in [2.05, 4.69) is 16.0 Å². The summed E-state index contributed by atoms with van der Waals surface area (Å²) in [6.45, 7) is 0.518. The van der Waals surface area contributed by atoms with Crippen LogP contribution in [0, 0.1) is 0 Å². The molecule has 3 aromatic carbocycles. The standard InChI is InChI=1S/C26H18Cl3N3O2/c27-16-7-9-19(21(28)14-16)25(33)30-17-8-10-20(22(29)15-17)26(34)32-13-11-18-4-3-12-31(18)23-5-1-2-6-24(23)32/h1-10,12,14-15H,11,13H2,(H,30,33). The van der Waals surface area contributed by atoms with Crippen molar-refractivity contribution in [3.05, 3.63) is 111 Å². The van der Waals surface area contributed by atoms with Crippen LogP contribution in [0.3, 0.4) is 0 Å². The summed E-state index contributed by atoms with van der Waals surface area (Å²) in [5.74, 6) is -0.609. The number of nitrogens with zero attached hydrogens (tertiary/aromatic N) is 2. The molecule has 34 heavy (non-hydrogen) atoms. The zero-order valence-corrected chi connectivity index (χ0v) is 20.0. The number of nitrogens with one attached hydrogen (secondary N) is 1. The molecule has 0 atom stereocenters. The Morgan fingerprint density at radius 2 is 1.53 bits per heavy atom. The number of benzene rings is 3. The van der Waals surface area contributed by atoms with Crippen molar-refractivity contribution in [3.8, 4) is 5.69 Å². The zero-order chi connectivity index (χ0) is 23.8. The maximum absolute atomic E-state index is 13.6. The quantitative estimate of drug-likeness (QED) is 0.326. The molecular formula is C26H18Cl3N3O2. The molecule has 0 saturated carbocycles. The lowest BCUT2D eigenvalue weighted by atomic mass is 10.1. The third-order valence-corrected chi connectivity index (χ3v) is 6.60. The van der Waals surface area contributed by atoms with Crippen molar-refractivity contribution < 1.29 is 9.59 Å². The first-order chi connectivity index (χ1) is 16.4. The number of hydrogen-bond donors (Lipinski definition) is 1. The van der Waals surface area contributed by atoms with Crippen molar-refractivity contribution in [2.24, 2.45) is 0 Å². The fraction of sp³-hybridized carbons (Fsp3) is 0.0769. The molecule has 0 bridgehead atoms. The Morgan fingerprint density at radius 1 is 0.794 bits per heavy atom. The third kappa shape index (κ3) is 4.18. The number of fused-ring (bicyclic) bond motifs is 3. The summed E-state index contributed by atoms with van der Waals surface area (Å²) in [6, 6.07) is 21.3. The molecule has 0 fully saturated rings. The minimum atomic E-state index is -0.403. The van der Waals surface area contributed by atoms with E-state index >= 15 is 0 Å². The number of halogens is 3. The van der Waals surface area contributed by atoms with E-state index in [9.17, 15) is 9.59 Å². The van der Waals surface area contributed by atoms with Gasteiger partial charge in [0, 0.05) is 35.6 Å². The van der Waals surface area contributed by atoms with E-state index in [-0.39, 0.29) is 21.5 Å². The monoisotopic (exact) mass is 509 g/mol. The van der Waals surface area contributed by atoms with Gasteiger partial charge in [0.1, 0.15) is 0 Å². The second-order valence-corrected chi connectivity index (χ2v) is 9.09. The Morgan fingerprint density at radius 3 is 2.29 bits per heavy atom. The number of rotatable bonds is 3. The fourth-order valence-corrected chi connectivity index (χ4v) is 4.85. The van der Waals surface area contributed by atoms with Crippen LogP contribution in [0.4, 0.5) is 11.4 Å². The lowest BCUT2D eigenvalue weighted by Gasteiger charge is -2.23. The number of para-hydroxylation sites is 2. The Kier molecular flexibility index (Phi) is 6.09. The van der Waals surface area contributed by atoms with Crippen molar-refractivity contribution in [3.63, 3.8) is 0 Å². The van der Waals surface area contributed by atoms with Crippen molar-refractivity contribution >= 4 is 58.0 Å².